The Morgan fingerprint density at radius 3 is 2.31 bits per heavy atom. The van der Waals surface area contributed by atoms with E-state index in [1.807, 2.05) is 0 Å². The van der Waals surface area contributed by atoms with Crippen molar-refractivity contribution in [1.29, 1.82) is 0 Å². The van der Waals surface area contributed by atoms with Crippen LogP contribution in [0, 0.1) is 18.6 Å². The van der Waals surface area contributed by atoms with Gasteiger partial charge in [-0.2, -0.15) is 0 Å². The first kappa shape index (κ1) is 19.5. The van der Waals surface area contributed by atoms with Crippen molar-refractivity contribution in [3.63, 3.8) is 0 Å². The smallest absolute Gasteiger partial charge is 0.296 e. The van der Waals surface area contributed by atoms with Crippen LogP contribution in [-0.2, 0) is 11.2 Å². The largest absolute Gasteiger partial charge is 0.457 e. The van der Waals surface area contributed by atoms with Crippen molar-refractivity contribution in [3.05, 3.63) is 58.5 Å². The van der Waals surface area contributed by atoms with Gasteiger partial charge in [0, 0.05) is 12.0 Å². The molecular formula is C19H19F2NO4. The molecule has 0 radical (unpaired) electrons. The number of carbonyl (C=O) groups excluding carboxylic acids is 3. The van der Waals surface area contributed by atoms with Gasteiger partial charge in [0.05, 0.1) is 5.56 Å². The van der Waals surface area contributed by atoms with Crippen LogP contribution in [0.3, 0.4) is 0 Å². The molecule has 1 aromatic heterocycles. The summed E-state index contributed by atoms with van der Waals surface area (Å²) in [4.78, 5) is 36.4. The van der Waals surface area contributed by atoms with Crippen LogP contribution in [0.1, 0.15) is 53.0 Å². The Hall–Kier alpha value is -2.83. The molecule has 7 heteroatoms. The summed E-state index contributed by atoms with van der Waals surface area (Å²) in [6, 6.07) is 4.37. The van der Waals surface area contributed by atoms with E-state index in [0.29, 0.717) is 0 Å². The maximum absolute atomic E-state index is 13.3. The fourth-order valence-electron chi connectivity index (χ4n) is 2.31. The van der Waals surface area contributed by atoms with Gasteiger partial charge in [-0.05, 0) is 51.5 Å². The highest BCUT2D eigenvalue weighted by atomic mass is 19.2. The Kier molecular flexibility index (Phi) is 5.39. The van der Waals surface area contributed by atoms with Gasteiger partial charge in [-0.15, -0.1) is 0 Å². The van der Waals surface area contributed by atoms with Gasteiger partial charge in [0.25, 0.3) is 11.7 Å². The number of hydrogen-bond donors (Lipinski definition) is 1. The number of ketones is 2. The third kappa shape index (κ3) is 4.62. The molecule has 0 saturated carbocycles. The second-order valence-corrected chi connectivity index (χ2v) is 6.96. The molecule has 0 atom stereocenters. The predicted octanol–water partition coefficient (Wildman–Crippen LogP) is 3.39. The molecule has 1 amide bonds. The average Bonchev–Trinajstić information content (AvgIpc) is 2.90. The van der Waals surface area contributed by atoms with Gasteiger partial charge in [0.15, 0.2) is 23.2 Å². The maximum Gasteiger partial charge on any atom is 0.296 e. The Bertz CT molecular complexity index is 878. The van der Waals surface area contributed by atoms with Gasteiger partial charge in [0.2, 0.25) is 0 Å². The Morgan fingerprint density at radius 1 is 1.08 bits per heavy atom. The molecule has 0 aliphatic rings. The molecule has 1 N–H and O–H groups in total. The number of Topliss-reactive ketones (excluding diaryl/α,β-unsaturated/α-hetero) is 2. The van der Waals surface area contributed by atoms with Gasteiger partial charge in [-0.25, -0.2) is 8.78 Å². The molecule has 2 rings (SSSR count). The Balaban J connectivity index is 2.18. The first-order chi connectivity index (χ1) is 12.0. The normalized spacial score (nSPS) is 11.3. The number of benzene rings is 1. The number of hydrogen-bond acceptors (Lipinski definition) is 4. The SMILES string of the molecule is Cc1oc(C(=O)C(=O)NC(C)(C)C)cc1C(=O)Cc1ccc(F)c(F)c1. The molecule has 5 nitrogen and oxygen atoms in total. The number of halogens is 2. The third-order valence-corrected chi connectivity index (χ3v) is 3.49. The molecule has 2 aromatic rings. The summed E-state index contributed by atoms with van der Waals surface area (Å²) >= 11 is 0. The van der Waals surface area contributed by atoms with E-state index in [1.165, 1.54) is 19.1 Å². The van der Waals surface area contributed by atoms with Crippen molar-refractivity contribution < 1.29 is 27.6 Å². The van der Waals surface area contributed by atoms with E-state index in [9.17, 15) is 23.2 Å². The van der Waals surface area contributed by atoms with Crippen LogP contribution in [0.25, 0.3) is 0 Å². The van der Waals surface area contributed by atoms with Crippen molar-refractivity contribution in [2.24, 2.45) is 0 Å². The highest BCUT2D eigenvalue weighted by Gasteiger charge is 2.26. The van der Waals surface area contributed by atoms with Crippen LogP contribution in [0.5, 0.6) is 0 Å². The Labute approximate surface area is 149 Å². The minimum absolute atomic E-state index is 0.113. The van der Waals surface area contributed by atoms with Gasteiger partial charge < -0.3 is 9.73 Å². The van der Waals surface area contributed by atoms with E-state index >= 15 is 0 Å². The lowest BCUT2D eigenvalue weighted by Crippen LogP contribution is -2.44. The molecule has 0 bridgehead atoms. The summed E-state index contributed by atoms with van der Waals surface area (Å²) in [7, 11) is 0. The van der Waals surface area contributed by atoms with E-state index < -0.39 is 34.6 Å². The summed E-state index contributed by atoms with van der Waals surface area (Å²) in [6.07, 6.45) is -0.195. The van der Waals surface area contributed by atoms with Crippen LogP contribution in [0.15, 0.2) is 28.7 Å². The fraction of sp³-hybridized carbons (Fsp3) is 0.316. The summed E-state index contributed by atoms with van der Waals surface area (Å²) < 4.78 is 31.5. The summed E-state index contributed by atoms with van der Waals surface area (Å²) in [5, 5.41) is 2.52. The van der Waals surface area contributed by atoms with Crippen molar-refractivity contribution in [2.45, 2.75) is 39.7 Å². The molecule has 0 aliphatic heterocycles. The van der Waals surface area contributed by atoms with E-state index in [4.69, 9.17) is 4.42 Å². The maximum atomic E-state index is 13.3. The minimum Gasteiger partial charge on any atom is -0.457 e. The van der Waals surface area contributed by atoms with Gasteiger partial charge in [-0.1, -0.05) is 6.07 Å². The van der Waals surface area contributed by atoms with Crippen LogP contribution in [-0.4, -0.2) is 23.0 Å². The molecule has 0 aliphatic carbocycles. The molecule has 138 valence electrons. The van der Waals surface area contributed by atoms with Crippen molar-refractivity contribution in [1.82, 2.24) is 5.32 Å². The zero-order valence-corrected chi connectivity index (χ0v) is 14.9. The predicted molar refractivity (Wildman–Crippen MR) is 90.1 cm³/mol. The van der Waals surface area contributed by atoms with E-state index in [2.05, 4.69) is 5.32 Å². The zero-order chi connectivity index (χ0) is 19.6. The first-order valence-corrected chi connectivity index (χ1v) is 7.92. The molecule has 0 unspecified atom stereocenters. The van der Waals surface area contributed by atoms with E-state index in [1.54, 1.807) is 20.8 Å². The second-order valence-electron chi connectivity index (χ2n) is 6.96. The van der Waals surface area contributed by atoms with Crippen molar-refractivity contribution in [2.75, 3.05) is 0 Å². The van der Waals surface area contributed by atoms with Crippen LogP contribution >= 0.6 is 0 Å². The number of nitrogens with one attached hydrogen (secondary N) is 1. The summed E-state index contributed by atoms with van der Waals surface area (Å²) in [5.41, 5.74) is -0.200. The fourth-order valence-corrected chi connectivity index (χ4v) is 2.31. The van der Waals surface area contributed by atoms with Crippen LogP contribution < -0.4 is 5.32 Å². The Morgan fingerprint density at radius 2 is 1.73 bits per heavy atom. The number of rotatable bonds is 5. The molecule has 1 aromatic carbocycles. The number of amides is 1. The zero-order valence-electron chi connectivity index (χ0n) is 14.9. The highest BCUT2D eigenvalue weighted by molar-refractivity contribution is 6.42. The lowest BCUT2D eigenvalue weighted by atomic mass is 10.0. The van der Waals surface area contributed by atoms with Gasteiger partial charge in [0.1, 0.15) is 5.76 Å². The highest BCUT2D eigenvalue weighted by Crippen LogP contribution is 2.19. The molecule has 26 heavy (non-hydrogen) atoms. The third-order valence-electron chi connectivity index (χ3n) is 3.49. The lowest BCUT2D eigenvalue weighted by molar-refractivity contribution is -0.118. The molecule has 0 spiro atoms. The number of furan rings is 1. The molecule has 1 heterocycles. The van der Waals surface area contributed by atoms with E-state index in [-0.39, 0.29) is 29.1 Å². The molecule has 0 saturated heterocycles. The van der Waals surface area contributed by atoms with Gasteiger partial charge >= 0.3 is 0 Å². The molecular weight excluding hydrogens is 344 g/mol. The average molecular weight is 363 g/mol. The molecule has 0 fully saturated rings. The topological polar surface area (TPSA) is 76.4 Å². The number of carbonyl (C=O) groups is 3. The van der Waals surface area contributed by atoms with Crippen molar-refractivity contribution >= 4 is 17.5 Å². The number of aryl methyl sites for hydroxylation is 1. The monoisotopic (exact) mass is 363 g/mol. The van der Waals surface area contributed by atoms with E-state index in [0.717, 1.165) is 12.1 Å². The first-order valence-electron chi connectivity index (χ1n) is 7.92. The minimum atomic E-state index is -1.05. The second kappa shape index (κ2) is 7.19. The summed E-state index contributed by atoms with van der Waals surface area (Å²) in [5.74, 6) is -4.30. The lowest BCUT2D eigenvalue weighted by Gasteiger charge is -2.19. The van der Waals surface area contributed by atoms with Crippen LogP contribution in [0.4, 0.5) is 8.78 Å². The standard InChI is InChI=1S/C19H19F2NO4/c1-10-12(15(23)8-11-5-6-13(20)14(21)7-11)9-16(26-10)17(24)18(25)22-19(2,3)4/h5-7,9H,8H2,1-4H3,(H,22,25). The van der Waals surface area contributed by atoms with Gasteiger partial charge in [-0.3, -0.25) is 14.4 Å². The quantitative estimate of drug-likeness (QED) is 0.653. The van der Waals surface area contributed by atoms with Crippen molar-refractivity contribution in [3.8, 4) is 0 Å². The summed E-state index contributed by atoms with van der Waals surface area (Å²) in [6.45, 7) is 6.66. The van der Waals surface area contributed by atoms with Crippen LogP contribution in [0.2, 0.25) is 0 Å².